The van der Waals surface area contributed by atoms with Crippen LogP contribution in [0.5, 0.6) is 0 Å². The van der Waals surface area contributed by atoms with Gasteiger partial charge in [-0.25, -0.2) is 0 Å². The zero-order valence-electron chi connectivity index (χ0n) is 18.4. The summed E-state index contributed by atoms with van der Waals surface area (Å²) in [5.74, 6) is 0.802. The maximum atomic E-state index is 5.07. The Hall–Kier alpha value is -2.73. The topological polar surface area (TPSA) is 60.9 Å². The lowest BCUT2D eigenvalue weighted by atomic mass is 10.1. The summed E-state index contributed by atoms with van der Waals surface area (Å²) < 4.78 is 5.07. The van der Waals surface area contributed by atoms with E-state index in [0.29, 0.717) is 6.61 Å². The van der Waals surface area contributed by atoms with Crippen LogP contribution in [-0.4, -0.2) is 46.4 Å². The van der Waals surface area contributed by atoms with Crippen molar-refractivity contribution in [2.24, 2.45) is 4.99 Å². The highest BCUT2D eigenvalue weighted by molar-refractivity contribution is 5.80. The van der Waals surface area contributed by atoms with E-state index in [2.05, 4.69) is 81.3 Å². The number of nitrogens with one attached hydrogen (secondary N) is 3. The molecule has 0 amide bonds. The highest BCUT2D eigenvalue weighted by Crippen LogP contribution is 2.24. The van der Waals surface area contributed by atoms with E-state index in [4.69, 9.17) is 4.74 Å². The van der Waals surface area contributed by atoms with Crippen molar-refractivity contribution in [1.82, 2.24) is 10.6 Å². The van der Waals surface area contributed by atoms with Gasteiger partial charge < -0.3 is 25.6 Å². The molecule has 3 rings (SSSR count). The van der Waals surface area contributed by atoms with Crippen LogP contribution >= 0.6 is 0 Å². The smallest absolute Gasteiger partial charge is 0.191 e. The molecule has 0 bridgehead atoms. The number of ether oxygens (including phenoxy) is 1. The third-order valence-corrected chi connectivity index (χ3v) is 5.47. The predicted octanol–water partition coefficient (Wildman–Crippen LogP) is 3.77. The first-order chi connectivity index (χ1) is 14.7. The Balaban J connectivity index is 1.51. The van der Waals surface area contributed by atoms with E-state index in [1.54, 1.807) is 7.11 Å². The Bertz CT molecular complexity index is 799. The van der Waals surface area contributed by atoms with Crippen LogP contribution in [0, 0.1) is 0 Å². The van der Waals surface area contributed by atoms with Crippen molar-refractivity contribution < 1.29 is 4.74 Å². The molecule has 3 N–H and O–H groups in total. The van der Waals surface area contributed by atoms with Gasteiger partial charge in [0.2, 0.25) is 0 Å². The lowest BCUT2D eigenvalue weighted by Crippen LogP contribution is -2.38. The molecule has 162 valence electrons. The normalized spacial score (nSPS) is 15.2. The third kappa shape index (κ3) is 6.39. The van der Waals surface area contributed by atoms with Crippen LogP contribution in [0.2, 0.25) is 0 Å². The maximum Gasteiger partial charge on any atom is 0.191 e. The van der Waals surface area contributed by atoms with E-state index in [0.717, 1.165) is 37.8 Å². The summed E-state index contributed by atoms with van der Waals surface area (Å²) in [5.41, 5.74) is 4.90. The molecule has 0 aliphatic carbocycles. The van der Waals surface area contributed by atoms with Gasteiger partial charge in [0.05, 0.1) is 12.6 Å². The second-order valence-electron chi connectivity index (χ2n) is 7.70. The number of nitrogens with zero attached hydrogens (tertiary/aromatic N) is 2. The molecule has 0 spiro atoms. The average Bonchev–Trinajstić information content (AvgIpc) is 3.33. The fourth-order valence-electron chi connectivity index (χ4n) is 3.67. The molecule has 1 atom stereocenters. The molecule has 1 saturated heterocycles. The van der Waals surface area contributed by atoms with Gasteiger partial charge in [-0.1, -0.05) is 24.3 Å². The van der Waals surface area contributed by atoms with Gasteiger partial charge in [-0.05, 0) is 55.2 Å². The van der Waals surface area contributed by atoms with Crippen molar-refractivity contribution in [1.29, 1.82) is 0 Å². The van der Waals surface area contributed by atoms with Gasteiger partial charge in [0.25, 0.3) is 0 Å². The molecule has 1 fully saturated rings. The molecular formula is C24H35N5O. The Morgan fingerprint density at radius 3 is 2.60 bits per heavy atom. The van der Waals surface area contributed by atoms with Crippen LogP contribution in [-0.2, 0) is 11.3 Å². The number of hydrogen-bond donors (Lipinski definition) is 3. The molecule has 0 saturated carbocycles. The Kier molecular flexibility index (Phi) is 8.39. The van der Waals surface area contributed by atoms with Gasteiger partial charge >= 0.3 is 0 Å². The zero-order valence-corrected chi connectivity index (χ0v) is 18.4. The monoisotopic (exact) mass is 409 g/mol. The number of benzene rings is 2. The second-order valence-corrected chi connectivity index (χ2v) is 7.70. The summed E-state index contributed by atoms with van der Waals surface area (Å²) in [6.45, 7) is 6.73. The fraction of sp³-hybridized carbons (Fsp3) is 0.458. The second kappa shape index (κ2) is 11.5. The van der Waals surface area contributed by atoms with Gasteiger partial charge in [0.15, 0.2) is 5.96 Å². The van der Waals surface area contributed by atoms with E-state index < -0.39 is 0 Å². The lowest BCUT2D eigenvalue weighted by molar-refractivity contribution is 0.211. The van der Waals surface area contributed by atoms with Crippen molar-refractivity contribution in [3.05, 3.63) is 59.7 Å². The van der Waals surface area contributed by atoms with Gasteiger partial charge in [-0.15, -0.1) is 0 Å². The molecule has 2 aromatic rings. The van der Waals surface area contributed by atoms with Gasteiger partial charge in [-0.3, -0.25) is 4.99 Å². The average molecular weight is 410 g/mol. The number of anilines is 2. The van der Waals surface area contributed by atoms with E-state index >= 15 is 0 Å². The highest BCUT2D eigenvalue weighted by Gasteiger charge is 2.14. The molecule has 1 heterocycles. The van der Waals surface area contributed by atoms with Crippen molar-refractivity contribution >= 4 is 17.3 Å². The van der Waals surface area contributed by atoms with Crippen LogP contribution in [0.25, 0.3) is 0 Å². The molecular weight excluding hydrogens is 374 g/mol. The van der Waals surface area contributed by atoms with E-state index in [1.807, 2.05) is 7.05 Å². The van der Waals surface area contributed by atoms with Crippen molar-refractivity contribution in [2.75, 3.05) is 50.6 Å². The predicted molar refractivity (Wildman–Crippen MR) is 126 cm³/mol. The minimum atomic E-state index is 0.172. The minimum absolute atomic E-state index is 0.172. The molecule has 2 aromatic carbocycles. The molecule has 6 heteroatoms. The standard InChI is InChI=1S/C24H35N5O/c1-19(21-7-6-8-23(17-21)29-14-4-5-15-29)28-24(25-2)27-18-20-9-11-22(12-10-20)26-13-16-30-3/h6-12,17,19,26H,4-5,13-16,18H2,1-3H3,(H2,25,27,28). The Morgan fingerprint density at radius 2 is 1.90 bits per heavy atom. The summed E-state index contributed by atoms with van der Waals surface area (Å²) in [5, 5.41) is 10.3. The quantitative estimate of drug-likeness (QED) is 0.334. The minimum Gasteiger partial charge on any atom is -0.383 e. The number of methoxy groups -OCH3 is 1. The molecule has 1 aliphatic heterocycles. The van der Waals surface area contributed by atoms with Gasteiger partial charge in [-0.2, -0.15) is 0 Å². The number of rotatable bonds is 9. The number of aliphatic imine (C=N–C) groups is 1. The number of hydrogen-bond acceptors (Lipinski definition) is 4. The molecule has 1 aliphatic rings. The summed E-state index contributed by atoms with van der Waals surface area (Å²) >= 11 is 0. The molecule has 0 radical (unpaired) electrons. The maximum absolute atomic E-state index is 5.07. The first kappa shape index (κ1) is 22.0. The third-order valence-electron chi connectivity index (χ3n) is 5.47. The largest absolute Gasteiger partial charge is 0.383 e. The summed E-state index contributed by atoms with van der Waals surface area (Å²) in [4.78, 5) is 6.86. The lowest BCUT2D eigenvalue weighted by Gasteiger charge is -2.22. The molecule has 30 heavy (non-hydrogen) atoms. The van der Waals surface area contributed by atoms with Crippen LogP contribution in [0.4, 0.5) is 11.4 Å². The fourth-order valence-corrected chi connectivity index (χ4v) is 3.67. The van der Waals surface area contributed by atoms with Gasteiger partial charge in [0, 0.05) is 51.7 Å². The van der Waals surface area contributed by atoms with Gasteiger partial charge in [0.1, 0.15) is 0 Å². The Labute approximate surface area is 180 Å². The van der Waals surface area contributed by atoms with Crippen molar-refractivity contribution in [3.8, 4) is 0 Å². The first-order valence-corrected chi connectivity index (χ1v) is 10.8. The van der Waals surface area contributed by atoms with Crippen LogP contribution in [0.1, 0.15) is 36.9 Å². The van der Waals surface area contributed by atoms with E-state index in [9.17, 15) is 0 Å². The highest BCUT2D eigenvalue weighted by atomic mass is 16.5. The van der Waals surface area contributed by atoms with E-state index in [1.165, 1.54) is 29.7 Å². The zero-order chi connectivity index (χ0) is 21.2. The molecule has 0 aromatic heterocycles. The van der Waals surface area contributed by atoms with Crippen LogP contribution in [0.3, 0.4) is 0 Å². The van der Waals surface area contributed by atoms with Crippen molar-refractivity contribution in [2.45, 2.75) is 32.4 Å². The van der Waals surface area contributed by atoms with Crippen LogP contribution < -0.4 is 20.9 Å². The van der Waals surface area contributed by atoms with Crippen LogP contribution in [0.15, 0.2) is 53.5 Å². The Morgan fingerprint density at radius 1 is 1.13 bits per heavy atom. The molecule has 1 unspecified atom stereocenters. The number of guanidine groups is 1. The van der Waals surface area contributed by atoms with Crippen molar-refractivity contribution in [3.63, 3.8) is 0 Å². The first-order valence-electron chi connectivity index (χ1n) is 10.8. The summed E-state index contributed by atoms with van der Waals surface area (Å²) in [6, 6.07) is 17.4. The molecule has 6 nitrogen and oxygen atoms in total. The SMILES string of the molecule is CN=C(NCc1ccc(NCCOC)cc1)NC(C)c1cccc(N2CCCC2)c1. The summed E-state index contributed by atoms with van der Waals surface area (Å²) in [7, 11) is 3.52. The summed E-state index contributed by atoms with van der Waals surface area (Å²) in [6.07, 6.45) is 2.58. The van der Waals surface area contributed by atoms with E-state index in [-0.39, 0.29) is 6.04 Å².